The molecule has 0 saturated carbocycles. The molecule has 0 atom stereocenters. The Morgan fingerprint density at radius 1 is 1.16 bits per heavy atom. The summed E-state index contributed by atoms with van der Waals surface area (Å²) in [5.41, 5.74) is 0.528. The summed E-state index contributed by atoms with van der Waals surface area (Å²) in [6, 6.07) is 13.9. The second kappa shape index (κ2) is 7.27. The lowest BCUT2D eigenvalue weighted by atomic mass is 10.1. The van der Waals surface area contributed by atoms with Gasteiger partial charge in [-0.15, -0.1) is 0 Å². The lowest BCUT2D eigenvalue weighted by Gasteiger charge is -2.08. The molecule has 25 heavy (non-hydrogen) atoms. The molecule has 0 fully saturated rings. The van der Waals surface area contributed by atoms with E-state index in [1.807, 2.05) is 0 Å². The number of nitrogens with one attached hydrogen (secondary N) is 1. The lowest BCUT2D eigenvalue weighted by Crippen LogP contribution is -2.27. The lowest BCUT2D eigenvalue weighted by molar-refractivity contribution is -0.116. The van der Waals surface area contributed by atoms with Crippen molar-refractivity contribution in [2.24, 2.45) is 0 Å². The van der Waals surface area contributed by atoms with Crippen molar-refractivity contribution in [3.05, 3.63) is 82.1 Å². The first-order chi connectivity index (χ1) is 12.0. The smallest absolute Gasteiger partial charge is 0.254 e. The van der Waals surface area contributed by atoms with Crippen molar-refractivity contribution >= 4 is 23.2 Å². The molecule has 1 heterocycles. The van der Waals surface area contributed by atoms with Gasteiger partial charge in [-0.1, -0.05) is 29.8 Å². The van der Waals surface area contributed by atoms with Gasteiger partial charge >= 0.3 is 0 Å². The van der Waals surface area contributed by atoms with Crippen molar-refractivity contribution in [1.82, 2.24) is 9.55 Å². The molecule has 1 N–H and O–H groups in total. The fourth-order valence-electron chi connectivity index (χ4n) is 2.28. The van der Waals surface area contributed by atoms with E-state index in [-0.39, 0.29) is 17.8 Å². The van der Waals surface area contributed by atoms with Crippen LogP contribution in [-0.4, -0.2) is 15.5 Å². The van der Waals surface area contributed by atoms with Crippen LogP contribution >= 0.6 is 11.6 Å². The van der Waals surface area contributed by atoms with E-state index in [0.717, 1.165) is 4.57 Å². The quantitative estimate of drug-likeness (QED) is 0.778. The Labute approximate surface area is 147 Å². The molecule has 3 aromatic rings. The minimum absolute atomic E-state index is 0.212. The average molecular weight is 358 g/mol. The largest absolute Gasteiger partial charge is 0.324 e. The second-order valence-corrected chi connectivity index (χ2v) is 5.72. The fraction of sp³-hybridized carbons (Fsp3) is 0.0556. The summed E-state index contributed by atoms with van der Waals surface area (Å²) in [4.78, 5) is 28.3. The summed E-state index contributed by atoms with van der Waals surface area (Å²) in [7, 11) is 0. The van der Waals surface area contributed by atoms with Crippen LogP contribution in [0.25, 0.3) is 11.3 Å². The van der Waals surface area contributed by atoms with Gasteiger partial charge in [0.25, 0.3) is 5.56 Å². The third-order valence-corrected chi connectivity index (χ3v) is 3.69. The van der Waals surface area contributed by atoms with Crippen LogP contribution in [0.1, 0.15) is 0 Å². The number of hydrogen-bond donors (Lipinski definition) is 1. The zero-order chi connectivity index (χ0) is 17.8. The number of amides is 1. The molecular weight excluding hydrogens is 345 g/mol. The van der Waals surface area contributed by atoms with Gasteiger partial charge in [0, 0.05) is 22.3 Å². The number of rotatable bonds is 4. The first-order valence-electron chi connectivity index (χ1n) is 7.40. The zero-order valence-electron chi connectivity index (χ0n) is 12.9. The fourth-order valence-corrected chi connectivity index (χ4v) is 2.47. The summed E-state index contributed by atoms with van der Waals surface area (Å²) in [6.07, 6.45) is 1.22. The highest BCUT2D eigenvalue weighted by Gasteiger charge is 2.10. The van der Waals surface area contributed by atoms with Gasteiger partial charge in [-0.05, 0) is 30.3 Å². The molecule has 7 heteroatoms. The van der Waals surface area contributed by atoms with E-state index in [2.05, 4.69) is 10.3 Å². The van der Waals surface area contributed by atoms with Crippen LogP contribution < -0.4 is 10.9 Å². The molecule has 5 nitrogen and oxygen atoms in total. The summed E-state index contributed by atoms with van der Waals surface area (Å²) >= 11 is 5.85. The van der Waals surface area contributed by atoms with E-state index in [4.69, 9.17) is 11.6 Å². The average Bonchev–Trinajstić information content (AvgIpc) is 2.57. The van der Waals surface area contributed by atoms with E-state index in [1.54, 1.807) is 36.4 Å². The number of nitrogens with zero attached hydrogens (tertiary/aromatic N) is 2. The molecule has 0 radical (unpaired) electrons. The highest BCUT2D eigenvalue weighted by molar-refractivity contribution is 6.30. The second-order valence-electron chi connectivity index (χ2n) is 5.28. The first kappa shape index (κ1) is 16.9. The maximum Gasteiger partial charge on any atom is 0.254 e. The molecule has 1 amide bonds. The van der Waals surface area contributed by atoms with Gasteiger partial charge < -0.3 is 5.32 Å². The van der Waals surface area contributed by atoms with Crippen molar-refractivity contribution in [1.29, 1.82) is 0 Å². The normalized spacial score (nSPS) is 10.5. The van der Waals surface area contributed by atoms with Gasteiger partial charge in [0.05, 0.1) is 12.0 Å². The molecule has 1 aromatic heterocycles. The van der Waals surface area contributed by atoms with E-state index in [1.165, 1.54) is 24.5 Å². The Kier molecular flexibility index (Phi) is 4.90. The maximum absolute atomic E-state index is 13.8. The number of halogens is 2. The standard InChI is InChI=1S/C18H13ClFN3O2/c19-12-4-3-5-13(8-12)22-17(24)10-23-11-21-16(9-18(23)25)14-6-1-2-7-15(14)20/h1-9,11H,10H2,(H,22,24). The predicted octanol–water partition coefficient (Wildman–Crippen LogP) is 3.34. The van der Waals surface area contributed by atoms with Crippen LogP contribution in [0.2, 0.25) is 5.02 Å². The molecular formula is C18H13ClFN3O2. The SMILES string of the molecule is O=C(Cn1cnc(-c2ccccc2F)cc1=O)Nc1cccc(Cl)c1. The Hall–Kier alpha value is -2.99. The van der Waals surface area contributed by atoms with Gasteiger partial charge in [0.1, 0.15) is 12.4 Å². The molecule has 0 saturated heterocycles. The van der Waals surface area contributed by atoms with Crippen molar-refractivity contribution in [2.45, 2.75) is 6.54 Å². The van der Waals surface area contributed by atoms with Crippen LogP contribution in [0.15, 0.2) is 65.7 Å². The molecule has 0 aliphatic rings. The topological polar surface area (TPSA) is 64.0 Å². The van der Waals surface area contributed by atoms with E-state index in [9.17, 15) is 14.0 Å². The monoisotopic (exact) mass is 357 g/mol. The van der Waals surface area contributed by atoms with Crippen molar-refractivity contribution in [3.63, 3.8) is 0 Å². The maximum atomic E-state index is 13.8. The molecule has 0 aliphatic heterocycles. The van der Waals surface area contributed by atoms with Crippen molar-refractivity contribution < 1.29 is 9.18 Å². The Morgan fingerprint density at radius 3 is 2.68 bits per heavy atom. The van der Waals surface area contributed by atoms with E-state index >= 15 is 0 Å². The summed E-state index contributed by atoms with van der Waals surface area (Å²) < 4.78 is 14.9. The number of benzene rings is 2. The summed E-state index contributed by atoms with van der Waals surface area (Å²) in [5.74, 6) is -0.865. The van der Waals surface area contributed by atoms with Gasteiger partial charge in [-0.25, -0.2) is 9.37 Å². The van der Waals surface area contributed by atoms with Gasteiger partial charge in [0.15, 0.2) is 0 Å². The number of carbonyl (C=O) groups is 1. The Balaban J connectivity index is 1.76. The Morgan fingerprint density at radius 2 is 1.96 bits per heavy atom. The van der Waals surface area contributed by atoms with E-state index in [0.29, 0.717) is 10.7 Å². The third kappa shape index (κ3) is 4.10. The molecule has 0 spiro atoms. The number of anilines is 1. The van der Waals surface area contributed by atoms with Crippen LogP contribution in [0.4, 0.5) is 10.1 Å². The summed E-state index contributed by atoms with van der Waals surface area (Å²) in [6.45, 7) is -0.212. The molecule has 2 aromatic carbocycles. The van der Waals surface area contributed by atoms with Crippen LogP contribution in [0.3, 0.4) is 0 Å². The number of carbonyl (C=O) groups excluding carboxylic acids is 1. The van der Waals surface area contributed by atoms with Crippen molar-refractivity contribution in [2.75, 3.05) is 5.32 Å². The highest BCUT2D eigenvalue weighted by Crippen LogP contribution is 2.18. The molecule has 0 unspecified atom stereocenters. The highest BCUT2D eigenvalue weighted by atomic mass is 35.5. The minimum atomic E-state index is -0.467. The van der Waals surface area contributed by atoms with Crippen LogP contribution in [0.5, 0.6) is 0 Å². The zero-order valence-corrected chi connectivity index (χ0v) is 13.7. The first-order valence-corrected chi connectivity index (χ1v) is 7.77. The summed E-state index contributed by atoms with van der Waals surface area (Å²) in [5, 5.41) is 3.13. The van der Waals surface area contributed by atoms with Gasteiger partial charge in [-0.3, -0.25) is 14.2 Å². The number of aromatic nitrogens is 2. The van der Waals surface area contributed by atoms with Gasteiger partial charge in [0.2, 0.25) is 5.91 Å². The van der Waals surface area contributed by atoms with Crippen molar-refractivity contribution in [3.8, 4) is 11.3 Å². The molecule has 0 aliphatic carbocycles. The molecule has 126 valence electrons. The molecule has 0 bridgehead atoms. The minimum Gasteiger partial charge on any atom is -0.324 e. The Bertz CT molecular complexity index is 988. The molecule has 3 rings (SSSR count). The van der Waals surface area contributed by atoms with E-state index < -0.39 is 17.3 Å². The number of hydrogen-bond acceptors (Lipinski definition) is 3. The van der Waals surface area contributed by atoms with Gasteiger partial charge in [-0.2, -0.15) is 0 Å². The van der Waals surface area contributed by atoms with Crippen LogP contribution in [-0.2, 0) is 11.3 Å². The third-order valence-electron chi connectivity index (χ3n) is 3.45. The van der Waals surface area contributed by atoms with Crippen LogP contribution in [0, 0.1) is 5.82 Å². The predicted molar refractivity (Wildman–Crippen MR) is 94.0 cm³/mol.